The molecule has 1 amide bonds. The van der Waals surface area contributed by atoms with Crippen LogP contribution in [0, 0.1) is 6.92 Å². The molecule has 1 aliphatic carbocycles. The number of aromatic nitrogens is 1. The van der Waals surface area contributed by atoms with Crippen LogP contribution in [0.1, 0.15) is 28.0 Å². The van der Waals surface area contributed by atoms with Crippen molar-refractivity contribution in [1.29, 1.82) is 0 Å². The molecule has 2 aromatic rings. The van der Waals surface area contributed by atoms with Gasteiger partial charge in [-0.3, -0.25) is 14.6 Å². The van der Waals surface area contributed by atoms with E-state index in [1.54, 1.807) is 25.1 Å². The predicted octanol–water partition coefficient (Wildman–Crippen LogP) is 4.34. The Balaban J connectivity index is 1.94. The lowest BCUT2D eigenvalue weighted by molar-refractivity contribution is -0.137. The second kappa shape index (κ2) is 7.67. The Hall–Kier alpha value is -3.42. The van der Waals surface area contributed by atoms with Crippen LogP contribution in [0.15, 0.2) is 60.5 Å². The Morgan fingerprint density at radius 3 is 2.64 bits per heavy atom. The van der Waals surface area contributed by atoms with E-state index in [1.807, 2.05) is 0 Å². The van der Waals surface area contributed by atoms with Crippen molar-refractivity contribution in [2.75, 3.05) is 0 Å². The summed E-state index contributed by atoms with van der Waals surface area (Å²) < 4.78 is 44.8. The van der Waals surface area contributed by atoms with Gasteiger partial charge in [0.05, 0.1) is 17.3 Å². The van der Waals surface area contributed by atoms with Crippen LogP contribution in [0.4, 0.5) is 13.2 Å². The lowest BCUT2D eigenvalue weighted by atomic mass is 10.1. The van der Waals surface area contributed by atoms with E-state index >= 15 is 0 Å². The average molecular weight is 388 g/mol. The molecule has 0 aliphatic heterocycles. The lowest BCUT2D eigenvalue weighted by Gasteiger charge is -2.15. The van der Waals surface area contributed by atoms with Gasteiger partial charge in [-0.15, -0.1) is 0 Å². The number of benzene rings is 1. The zero-order valence-corrected chi connectivity index (χ0v) is 14.7. The van der Waals surface area contributed by atoms with E-state index in [0.717, 1.165) is 18.2 Å². The molecule has 0 radical (unpaired) electrons. The third-order valence-corrected chi connectivity index (χ3v) is 3.86. The first-order chi connectivity index (χ1) is 13.2. The van der Waals surface area contributed by atoms with Crippen LogP contribution in [0.3, 0.4) is 0 Å². The monoisotopic (exact) mass is 388 g/mol. The fourth-order valence-corrected chi connectivity index (χ4v) is 2.47. The number of hydrogen-bond donors (Lipinski definition) is 1. The highest BCUT2D eigenvalue weighted by Crippen LogP contribution is 2.35. The highest BCUT2D eigenvalue weighted by Gasteiger charge is 2.32. The number of halogens is 3. The van der Waals surface area contributed by atoms with Gasteiger partial charge in [-0.25, -0.2) is 0 Å². The molecular formula is C20H15F3N2O3. The second-order valence-corrected chi connectivity index (χ2v) is 6.07. The molecule has 1 aliphatic rings. The second-order valence-electron chi connectivity index (χ2n) is 6.07. The number of aryl methyl sites for hydroxylation is 1. The Bertz CT molecular complexity index is 977. The minimum absolute atomic E-state index is 0.110. The molecule has 1 aromatic carbocycles. The van der Waals surface area contributed by atoms with Crippen LogP contribution in [0.25, 0.3) is 0 Å². The van der Waals surface area contributed by atoms with Crippen molar-refractivity contribution in [2.45, 2.75) is 19.5 Å². The number of nitrogens with zero attached hydrogens (tertiary/aromatic N) is 1. The first-order valence-electron chi connectivity index (χ1n) is 8.26. The normalized spacial score (nSPS) is 13.9. The molecule has 0 saturated carbocycles. The summed E-state index contributed by atoms with van der Waals surface area (Å²) in [5.74, 6) is -0.975. The number of allylic oxidation sites excluding steroid dienone is 3. The highest BCUT2D eigenvalue weighted by atomic mass is 19.4. The van der Waals surface area contributed by atoms with Gasteiger partial charge in [0.1, 0.15) is 11.5 Å². The fourth-order valence-electron chi connectivity index (χ4n) is 2.47. The summed E-state index contributed by atoms with van der Waals surface area (Å²) in [6, 6.07) is 5.75. The maximum atomic E-state index is 13.1. The number of rotatable bonds is 4. The molecule has 0 spiro atoms. The molecule has 1 N–H and O–H groups in total. The molecule has 3 rings (SSSR count). The van der Waals surface area contributed by atoms with Crippen molar-refractivity contribution in [3.05, 3.63) is 77.3 Å². The summed E-state index contributed by atoms with van der Waals surface area (Å²) in [6.07, 6.45) is 1.37. The van der Waals surface area contributed by atoms with Crippen molar-refractivity contribution in [3.8, 4) is 11.5 Å². The van der Waals surface area contributed by atoms with Gasteiger partial charge in [-0.2, -0.15) is 13.2 Å². The van der Waals surface area contributed by atoms with Crippen molar-refractivity contribution in [3.63, 3.8) is 0 Å². The number of carbonyl (C=O) groups is 2. The molecule has 8 heteroatoms. The molecule has 0 atom stereocenters. The van der Waals surface area contributed by atoms with E-state index in [0.29, 0.717) is 5.69 Å². The van der Waals surface area contributed by atoms with Gasteiger partial charge in [0.15, 0.2) is 5.78 Å². The third kappa shape index (κ3) is 4.64. The average Bonchev–Trinajstić information content (AvgIpc) is 2.63. The molecule has 0 saturated heterocycles. The molecule has 144 valence electrons. The van der Waals surface area contributed by atoms with Crippen LogP contribution in [0.5, 0.6) is 11.5 Å². The molecular weight excluding hydrogens is 373 g/mol. The van der Waals surface area contributed by atoms with Crippen LogP contribution < -0.4 is 10.1 Å². The molecule has 0 bridgehead atoms. The number of hydrogen-bond acceptors (Lipinski definition) is 4. The largest absolute Gasteiger partial charge is 0.455 e. The summed E-state index contributed by atoms with van der Waals surface area (Å²) in [5, 5.41) is 2.50. The summed E-state index contributed by atoms with van der Waals surface area (Å²) in [7, 11) is 0. The minimum atomic E-state index is -4.60. The van der Waals surface area contributed by atoms with Crippen LogP contribution in [0.2, 0.25) is 0 Å². The number of alkyl halides is 3. The van der Waals surface area contributed by atoms with Crippen molar-refractivity contribution < 1.29 is 27.5 Å². The van der Waals surface area contributed by atoms with E-state index in [2.05, 4.69) is 10.3 Å². The topological polar surface area (TPSA) is 68.3 Å². The van der Waals surface area contributed by atoms with Crippen LogP contribution in [-0.4, -0.2) is 16.7 Å². The number of ether oxygens (including phenoxy) is 1. The van der Waals surface area contributed by atoms with Gasteiger partial charge in [-0.05, 0) is 43.3 Å². The third-order valence-electron chi connectivity index (χ3n) is 3.86. The molecule has 1 heterocycles. The molecule has 5 nitrogen and oxygen atoms in total. The van der Waals surface area contributed by atoms with E-state index < -0.39 is 17.6 Å². The maximum Gasteiger partial charge on any atom is 0.416 e. The summed E-state index contributed by atoms with van der Waals surface area (Å²) in [5.41, 5.74) is -0.105. The smallest absolute Gasteiger partial charge is 0.416 e. The van der Waals surface area contributed by atoms with Crippen molar-refractivity contribution >= 4 is 11.7 Å². The van der Waals surface area contributed by atoms with Crippen molar-refractivity contribution in [1.82, 2.24) is 10.3 Å². The Morgan fingerprint density at radius 1 is 1.21 bits per heavy atom. The molecule has 28 heavy (non-hydrogen) atoms. The molecule has 0 fully saturated rings. The number of ketones is 1. The number of nitrogens with one attached hydrogen (secondary N) is 1. The first kappa shape index (κ1) is 19.3. The Kier molecular flexibility index (Phi) is 5.30. The molecule has 0 unspecified atom stereocenters. The summed E-state index contributed by atoms with van der Waals surface area (Å²) in [6.45, 7) is 1.75. The van der Waals surface area contributed by atoms with Gasteiger partial charge in [0.2, 0.25) is 0 Å². The first-order valence-corrected chi connectivity index (χ1v) is 8.26. The summed E-state index contributed by atoms with van der Waals surface area (Å²) >= 11 is 0. The quantitative estimate of drug-likeness (QED) is 0.846. The maximum absolute atomic E-state index is 13.1. The Labute approximate surface area is 158 Å². The summed E-state index contributed by atoms with van der Waals surface area (Å²) in [4.78, 5) is 28.0. The molecule has 1 aromatic heterocycles. The number of pyridine rings is 1. The van der Waals surface area contributed by atoms with Crippen molar-refractivity contribution in [2.24, 2.45) is 0 Å². The lowest BCUT2D eigenvalue weighted by Crippen LogP contribution is -2.24. The van der Waals surface area contributed by atoms with Gasteiger partial charge < -0.3 is 10.1 Å². The van der Waals surface area contributed by atoms with E-state index in [9.17, 15) is 22.8 Å². The van der Waals surface area contributed by atoms with E-state index in [-0.39, 0.29) is 35.0 Å². The van der Waals surface area contributed by atoms with Gasteiger partial charge in [0.25, 0.3) is 5.91 Å². The predicted molar refractivity (Wildman–Crippen MR) is 94.8 cm³/mol. The van der Waals surface area contributed by atoms with Gasteiger partial charge >= 0.3 is 6.18 Å². The van der Waals surface area contributed by atoms with Gasteiger partial charge in [-0.1, -0.05) is 6.08 Å². The minimum Gasteiger partial charge on any atom is -0.455 e. The van der Waals surface area contributed by atoms with E-state index in [1.165, 1.54) is 18.3 Å². The standard InChI is InChI=1S/C20H15F3N2O3/c1-12-5-7-16(11-24-12)28-18-9-13(20(21,22)23)6-8-17(18)19(27)25-14-3-2-4-15(26)10-14/h2-3,5-11H,4H2,1H3,(H,25,27). The SMILES string of the molecule is Cc1ccc(Oc2cc(C(F)(F)F)ccc2C(=O)NC2=CC(=O)CC=C2)cn1. The number of amides is 1. The van der Waals surface area contributed by atoms with Crippen LogP contribution in [-0.2, 0) is 11.0 Å². The highest BCUT2D eigenvalue weighted by molar-refractivity contribution is 6.00. The number of carbonyl (C=O) groups excluding carboxylic acids is 2. The fraction of sp³-hybridized carbons (Fsp3) is 0.150. The zero-order valence-electron chi connectivity index (χ0n) is 14.7. The Morgan fingerprint density at radius 2 is 2.00 bits per heavy atom. The van der Waals surface area contributed by atoms with Gasteiger partial charge in [0, 0.05) is 23.9 Å². The zero-order chi connectivity index (χ0) is 20.3. The van der Waals surface area contributed by atoms with E-state index in [4.69, 9.17) is 4.74 Å². The van der Waals surface area contributed by atoms with Crippen LogP contribution >= 0.6 is 0 Å².